The number of aliphatic carboxylic acids is 1. The Morgan fingerprint density at radius 1 is 1.47 bits per heavy atom. The molecule has 0 aliphatic heterocycles. The number of rotatable bonds is 5. The largest absolute Gasteiger partial charge is 0.481 e. The van der Waals surface area contributed by atoms with Gasteiger partial charge in [0.15, 0.2) is 6.29 Å². The van der Waals surface area contributed by atoms with Gasteiger partial charge in [0, 0.05) is 17.2 Å². The lowest BCUT2D eigenvalue weighted by Crippen LogP contribution is -2.10. The molecule has 0 unspecified atom stereocenters. The average Bonchev–Trinajstić information content (AvgIpc) is 2.20. The second-order valence-corrected chi connectivity index (χ2v) is 3.04. The van der Waals surface area contributed by atoms with Crippen molar-refractivity contribution in [2.24, 2.45) is 0 Å². The first-order chi connectivity index (χ1) is 7.93. The molecule has 0 aromatic heterocycles. The number of aldehydes is 1. The zero-order valence-electron chi connectivity index (χ0n) is 8.32. The van der Waals surface area contributed by atoms with Gasteiger partial charge >= 0.3 is 12.6 Å². The lowest BCUT2D eigenvalue weighted by Gasteiger charge is -2.11. The maximum Gasteiger partial charge on any atom is 0.387 e. The molecule has 1 aromatic rings. The van der Waals surface area contributed by atoms with Crippen molar-refractivity contribution in [3.8, 4) is 5.75 Å². The molecule has 4 nitrogen and oxygen atoms in total. The van der Waals surface area contributed by atoms with E-state index in [0.717, 1.165) is 6.07 Å². The first kappa shape index (κ1) is 13.0. The van der Waals surface area contributed by atoms with Gasteiger partial charge in [-0.15, -0.1) is 0 Å². The third kappa shape index (κ3) is 3.47. The third-order valence-electron chi connectivity index (χ3n) is 1.88. The minimum atomic E-state index is -3.23. The van der Waals surface area contributed by atoms with Crippen molar-refractivity contribution in [3.05, 3.63) is 29.1 Å². The zero-order valence-corrected chi connectivity index (χ0v) is 8.32. The Labute approximate surface area is 93.6 Å². The number of ether oxygens (including phenoxy) is 1. The highest BCUT2D eigenvalue weighted by Crippen LogP contribution is 2.25. The van der Waals surface area contributed by atoms with Crippen molar-refractivity contribution in [1.29, 1.82) is 0 Å². The maximum absolute atomic E-state index is 13.0. The summed E-state index contributed by atoms with van der Waals surface area (Å²) in [4.78, 5) is 21.1. The zero-order chi connectivity index (χ0) is 13.0. The number of hydrogen-bond donors (Lipinski definition) is 1. The number of carboxylic acids is 1. The summed E-state index contributed by atoms with van der Waals surface area (Å²) >= 11 is 0. The maximum atomic E-state index is 13.0. The molecule has 0 saturated heterocycles. The minimum Gasteiger partial charge on any atom is -0.481 e. The predicted octanol–water partition coefficient (Wildman–Crippen LogP) is 1.87. The molecule has 0 bridgehead atoms. The Morgan fingerprint density at radius 3 is 2.59 bits per heavy atom. The van der Waals surface area contributed by atoms with Crippen molar-refractivity contribution < 1.29 is 32.6 Å². The Hall–Kier alpha value is -2.05. The molecule has 0 fully saturated rings. The van der Waals surface area contributed by atoms with Crippen LogP contribution in [0, 0.1) is 5.82 Å². The number of carbonyl (C=O) groups is 2. The van der Waals surface area contributed by atoms with Crippen molar-refractivity contribution in [1.82, 2.24) is 0 Å². The van der Waals surface area contributed by atoms with Crippen LogP contribution in [-0.4, -0.2) is 24.0 Å². The Balaban J connectivity index is 3.27. The van der Waals surface area contributed by atoms with Gasteiger partial charge in [0.1, 0.15) is 11.6 Å². The van der Waals surface area contributed by atoms with Crippen LogP contribution in [0.5, 0.6) is 5.75 Å². The molecule has 7 heteroatoms. The molecule has 92 valence electrons. The van der Waals surface area contributed by atoms with E-state index in [9.17, 15) is 22.8 Å². The summed E-state index contributed by atoms with van der Waals surface area (Å²) in [5.41, 5.74) is -0.614. The molecule has 1 rings (SSSR count). The molecular weight excluding hydrogens is 241 g/mol. The fourth-order valence-electron chi connectivity index (χ4n) is 1.28. The van der Waals surface area contributed by atoms with Crippen molar-refractivity contribution >= 4 is 12.3 Å². The third-order valence-corrected chi connectivity index (χ3v) is 1.88. The monoisotopic (exact) mass is 248 g/mol. The van der Waals surface area contributed by atoms with E-state index >= 15 is 0 Å². The van der Waals surface area contributed by atoms with Gasteiger partial charge in [-0.1, -0.05) is 0 Å². The molecule has 0 amide bonds. The lowest BCUT2D eigenvalue weighted by atomic mass is 10.0. The van der Waals surface area contributed by atoms with Crippen LogP contribution < -0.4 is 4.74 Å². The molecular formula is C10H7F3O4. The number of halogens is 3. The minimum absolute atomic E-state index is 0.180. The Kier molecular flexibility index (Phi) is 4.08. The SMILES string of the molecule is O=Cc1cc(F)cc(OC(F)F)c1CC(=O)O. The predicted molar refractivity (Wildman–Crippen MR) is 49.8 cm³/mol. The highest BCUT2D eigenvalue weighted by Gasteiger charge is 2.17. The van der Waals surface area contributed by atoms with Crippen molar-refractivity contribution in [2.45, 2.75) is 13.0 Å². The van der Waals surface area contributed by atoms with Gasteiger partial charge in [0.05, 0.1) is 6.42 Å². The summed E-state index contributed by atoms with van der Waals surface area (Å²) in [7, 11) is 0. The topological polar surface area (TPSA) is 63.6 Å². The molecule has 17 heavy (non-hydrogen) atoms. The second-order valence-electron chi connectivity index (χ2n) is 3.04. The number of carboxylic acid groups (broad SMARTS) is 1. The van der Waals surface area contributed by atoms with E-state index in [2.05, 4.69) is 4.74 Å². The van der Waals surface area contributed by atoms with Gasteiger partial charge in [-0.05, 0) is 6.07 Å². The van der Waals surface area contributed by atoms with Crippen LogP contribution in [0.4, 0.5) is 13.2 Å². The van der Waals surface area contributed by atoms with Crippen LogP contribution in [0.1, 0.15) is 15.9 Å². The normalized spacial score (nSPS) is 10.4. The summed E-state index contributed by atoms with van der Waals surface area (Å²) in [6, 6.07) is 1.36. The van der Waals surface area contributed by atoms with E-state index in [1.54, 1.807) is 0 Å². The molecule has 1 N–H and O–H groups in total. The number of benzene rings is 1. The first-order valence-corrected chi connectivity index (χ1v) is 4.38. The van der Waals surface area contributed by atoms with E-state index in [0.29, 0.717) is 6.07 Å². The molecule has 0 heterocycles. The van der Waals surface area contributed by atoms with E-state index in [4.69, 9.17) is 5.11 Å². The summed E-state index contributed by atoms with van der Waals surface area (Å²) in [6.07, 6.45) is -0.532. The van der Waals surface area contributed by atoms with E-state index in [-0.39, 0.29) is 17.4 Å². The van der Waals surface area contributed by atoms with Crippen LogP contribution in [0.15, 0.2) is 12.1 Å². The number of alkyl halides is 2. The highest BCUT2D eigenvalue weighted by molar-refractivity contribution is 5.83. The van der Waals surface area contributed by atoms with Crippen molar-refractivity contribution in [3.63, 3.8) is 0 Å². The van der Waals surface area contributed by atoms with E-state index in [1.165, 1.54) is 0 Å². The van der Waals surface area contributed by atoms with Crippen LogP contribution in [0.25, 0.3) is 0 Å². The summed E-state index contributed by atoms with van der Waals surface area (Å²) in [5, 5.41) is 8.56. The molecule has 1 aromatic carbocycles. The quantitative estimate of drug-likeness (QED) is 0.808. The molecule has 0 atom stereocenters. The number of carbonyl (C=O) groups excluding carboxylic acids is 1. The van der Waals surface area contributed by atoms with Crippen LogP contribution >= 0.6 is 0 Å². The van der Waals surface area contributed by atoms with Crippen LogP contribution in [0.2, 0.25) is 0 Å². The smallest absolute Gasteiger partial charge is 0.387 e. The second kappa shape index (κ2) is 5.33. The van der Waals surface area contributed by atoms with Gasteiger partial charge in [-0.3, -0.25) is 9.59 Å². The Morgan fingerprint density at radius 2 is 2.12 bits per heavy atom. The molecule has 0 aliphatic carbocycles. The van der Waals surface area contributed by atoms with Gasteiger partial charge in [0.2, 0.25) is 0 Å². The molecule has 0 spiro atoms. The average molecular weight is 248 g/mol. The van der Waals surface area contributed by atoms with Crippen molar-refractivity contribution in [2.75, 3.05) is 0 Å². The summed E-state index contributed by atoms with van der Waals surface area (Å²) in [6.45, 7) is -3.23. The fourth-order valence-corrected chi connectivity index (χ4v) is 1.28. The van der Waals surface area contributed by atoms with Gasteiger partial charge < -0.3 is 9.84 Å². The lowest BCUT2D eigenvalue weighted by molar-refractivity contribution is -0.136. The summed E-state index contributed by atoms with van der Waals surface area (Å²) in [5.74, 6) is -2.96. The van der Waals surface area contributed by atoms with E-state index < -0.39 is 30.6 Å². The van der Waals surface area contributed by atoms with Gasteiger partial charge in [0.25, 0.3) is 0 Å². The van der Waals surface area contributed by atoms with Crippen LogP contribution in [-0.2, 0) is 11.2 Å². The highest BCUT2D eigenvalue weighted by atomic mass is 19.3. The summed E-state index contributed by atoms with van der Waals surface area (Å²) < 4.78 is 41.0. The molecule has 0 saturated carbocycles. The first-order valence-electron chi connectivity index (χ1n) is 4.38. The fraction of sp³-hybridized carbons (Fsp3) is 0.200. The number of hydrogen-bond acceptors (Lipinski definition) is 3. The Bertz CT molecular complexity index is 445. The van der Waals surface area contributed by atoms with Gasteiger partial charge in [-0.2, -0.15) is 8.78 Å². The molecule has 0 radical (unpaired) electrons. The van der Waals surface area contributed by atoms with Crippen LogP contribution in [0.3, 0.4) is 0 Å². The molecule has 0 aliphatic rings. The van der Waals surface area contributed by atoms with Gasteiger partial charge in [-0.25, -0.2) is 4.39 Å². The van der Waals surface area contributed by atoms with E-state index in [1.807, 2.05) is 0 Å². The standard InChI is InChI=1S/C10H7F3O4/c11-6-1-5(4-14)7(3-9(15)16)8(2-6)17-10(12)13/h1-2,4,10H,3H2,(H,15,16).